The largest absolute Gasteiger partial charge is 0.480 e. The molecule has 0 saturated carbocycles. The fourth-order valence-corrected chi connectivity index (χ4v) is 2.35. The molecule has 2 heterocycles. The number of ether oxygens (including phenoxy) is 2. The highest BCUT2D eigenvalue weighted by Crippen LogP contribution is 2.24. The van der Waals surface area contributed by atoms with Gasteiger partial charge in [0.05, 0.1) is 19.2 Å². The van der Waals surface area contributed by atoms with Crippen molar-refractivity contribution in [1.29, 1.82) is 0 Å². The summed E-state index contributed by atoms with van der Waals surface area (Å²) in [5.41, 5.74) is -0.542. The Morgan fingerprint density at radius 1 is 1.53 bits per heavy atom. The molecule has 2 N–H and O–H groups in total. The van der Waals surface area contributed by atoms with E-state index >= 15 is 0 Å². The summed E-state index contributed by atoms with van der Waals surface area (Å²) in [4.78, 5) is 23.8. The van der Waals surface area contributed by atoms with Gasteiger partial charge in [-0.15, -0.1) is 0 Å². The summed E-state index contributed by atoms with van der Waals surface area (Å²) in [6.07, 6.45) is 2.16. The Hall–Kier alpha value is -1.34. The number of likely N-dealkylation sites (tertiary alicyclic amines) is 1. The molecule has 0 aromatic rings. The third-order valence-corrected chi connectivity index (χ3v) is 3.39. The SMILES string of the molecule is CC1(OCC(=O)O)CN(C(=O)NCC2CCCO2)C1. The predicted molar refractivity (Wildman–Crippen MR) is 65.9 cm³/mol. The van der Waals surface area contributed by atoms with Crippen molar-refractivity contribution in [3.8, 4) is 0 Å². The first-order valence-corrected chi connectivity index (χ1v) is 6.49. The van der Waals surface area contributed by atoms with Gasteiger partial charge < -0.3 is 24.8 Å². The molecule has 0 bridgehead atoms. The molecule has 0 aromatic heterocycles. The number of rotatable bonds is 5. The predicted octanol–water partition coefficient (Wildman–Crippen LogP) is 0.0505. The molecule has 0 radical (unpaired) electrons. The van der Waals surface area contributed by atoms with Crippen LogP contribution in [0.5, 0.6) is 0 Å². The van der Waals surface area contributed by atoms with Crippen LogP contribution in [-0.4, -0.2) is 66.6 Å². The fraction of sp³-hybridized carbons (Fsp3) is 0.833. The summed E-state index contributed by atoms with van der Waals surface area (Å²) in [7, 11) is 0. The molecule has 2 aliphatic rings. The van der Waals surface area contributed by atoms with E-state index in [-0.39, 0.29) is 18.7 Å². The standard InChI is InChI=1S/C12H20N2O5/c1-12(19-6-10(15)16)7-14(8-12)11(17)13-5-9-3-2-4-18-9/h9H,2-8H2,1H3,(H,13,17)(H,15,16). The van der Waals surface area contributed by atoms with E-state index < -0.39 is 11.6 Å². The van der Waals surface area contributed by atoms with Gasteiger partial charge in [-0.05, 0) is 19.8 Å². The average molecular weight is 272 g/mol. The molecule has 0 spiro atoms. The van der Waals surface area contributed by atoms with Crippen LogP contribution in [0.4, 0.5) is 4.79 Å². The van der Waals surface area contributed by atoms with Gasteiger partial charge in [-0.1, -0.05) is 0 Å². The van der Waals surface area contributed by atoms with Crippen molar-refractivity contribution in [2.75, 3.05) is 32.8 Å². The van der Waals surface area contributed by atoms with Gasteiger partial charge in [-0.2, -0.15) is 0 Å². The molecule has 2 rings (SSSR count). The molecule has 0 aliphatic carbocycles. The van der Waals surface area contributed by atoms with Crippen LogP contribution < -0.4 is 5.32 Å². The Labute approximate surface area is 111 Å². The number of amides is 2. The van der Waals surface area contributed by atoms with Crippen LogP contribution >= 0.6 is 0 Å². The van der Waals surface area contributed by atoms with E-state index in [1.54, 1.807) is 11.8 Å². The van der Waals surface area contributed by atoms with E-state index in [1.165, 1.54) is 0 Å². The summed E-state index contributed by atoms with van der Waals surface area (Å²) in [6, 6.07) is -0.146. The summed E-state index contributed by atoms with van der Waals surface area (Å²) >= 11 is 0. The maximum atomic E-state index is 11.8. The lowest BCUT2D eigenvalue weighted by molar-refractivity contribution is -0.159. The van der Waals surface area contributed by atoms with Gasteiger partial charge in [-0.25, -0.2) is 9.59 Å². The lowest BCUT2D eigenvalue weighted by Gasteiger charge is -2.47. The van der Waals surface area contributed by atoms with Gasteiger partial charge in [0.2, 0.25) is 0 Å². The Morgan fingerprint density at radius 2 is 2.26 bits per heavy atom. The normalized spacial score (nSPS) is 24.9. The first-order chi connectivity index (χ1) is 8.98. The first kappa shape index (κ1) is 14.1. The summed E-state index contributed by atoms with van der Waals surface area (Å²) < 4.78 is 10.7. The van der Waals surface area contributed by atoms with Gasteiger partial charge in [0.15, 0.2) is 0 Å². The summed E-state index contributed by atoms with van der Waals surface area (Å²) in [6.45, 7) is 3.60. The van der Waals surface area contributed by atoms with Crippen LogP contribution in [0.1, 0.15) is 19.8 Å². The van der Waals surface area contributed by atoms with Crippen molar-refractivity contribution in [2.45, 2.75) is 31.5 Å². The number of carbonyl (C=O) groups is 2. The molecule has 1 unspecified atom stereocenters. The smallest absolute Gasteiger partial charge is 0.329 e. The number of carbonyl (C=O) groups excluding carboxylic acids is 1. The molecular formula is C12H20N2O5. The first-order valence-electron chi connectivity index (χ1n) is 6.49. The van der Waals surface area contributed by atoms with Gasteiger partial charge in [-0.3, -0.25) is 0 Å². The van der Waals surface area contributed by atoms with Crippen LogP contribution in [0, 0.1) is 0 Å². The number of nitrogens with one attached hydrogen (secondary N) is 1. The van der Waals surface area contributed by atoms with Gasteiger partial charge in [0, 0.05) is 13.2 Å². The van der Waals surface area contributed by atoms with Crippen molar-refractivity contribution in [1.82, 2.24) is 10.2 Å². The maximum Gasteiger partial charge on any atom is 0.329 e. The minimum Gasteiger partial charge on any atom is -0.480 e. The van der Waals surface area contributed by atoms with Gasteiger partial charge >= 0.3 is 12.0 Å². The molecule has 19 heavy (non-hydrogen) atoms. The number of hydrogen-bond acceptors (Lipinski definition) is 4. The minimum atomic E-state index is -0.998. The van der Waals surface area contributed by atoms with Crippen LogP contribution in [0.2, 0.25) is 0 Å². The molecule has 0 aromatic carbocycles. The molecule has 2 fully saturated rings. The molecule has 7 nitrogen and oxygen atoms in total. The monoisotopic (exact) mass is 272 g/mol. The lowest BCUT2D eigenvalue weighted by Crippen LogP contribution is -2.65. The van der Waals surface area contributed by atoms with Crippen LogP contribution in [0.3, 0.4) is 0 Å². The van der Waals surface area contributed by atoms with Crippen molar-refractivity contribution < 1.29 is 24.2 Å². The highest BCUT2D eigenvalue weighted by molar-refractivity contribution is 5.75. The van der Waals surface area contributed by atoms with Crippen LogP contribution in [0.25, 0.3) is 0 Å². The second-order valence-electron chi connectivity index (χ2n) is 5.31. The van der Waals surface area contributed by atoms with E-state index in [1.807, 2.05) is 0 Å². The van der Waals surface area contributed by atoms with Gasteiger partial charge in [0.25, 0.3) is 0 Å². The van der Waals surface area contributed by atoms with Crippen molar-refractivity contribution in [3.05, 3.63) is 0 Å². The lowest BCUT2D eigenvalue weighted by atomic mass is 9.97. The number of nitrogens with zero attached hydrogens (tertiary/aromatic N) is 1. The summed E-state index contributed by atoms with van der Waals surface area (Å²) in [5.74, 6) is -0.998. The number of carboxylic acids is 1. The number of carboxylic acid groups (broad SMARTS) is 1. The van der Waals surface area contributed by atoms with Crippen LogP contribution in [0.15, 0.2) is 0 Å². The Bertz CT molecular complexity index is 348. The third-order valence-electron chi connectivity index (χ3n) is 3.39. The summed E-state index contributed by atoms with van der Waals surface area (Å²) in [5, 5.41) is 11.4. The molecule has 2 amide bonds. The Morgan fingerprint density at radius 3 is 2.84 bits per heavy atom. The topological polar surface area (TPSA) is 88.1 Å². The quantitative estimate of drug-likeness (QED) is 0.738. The average Bonchev–Trinajstić information content (AvgIpc) is 2.83. The molecule has 7 heteroatoms. The minimum absolute atomic E-state index is 0.125. The van der Waals surface area contributed by atoms with E-state index in [9.17, 15) is 9.59 Å². The van der Waals surface area contributed by atoms with Gasteiger partial charge in [0.1, 0.15) is 12.2 Å². The molecule has 108 valence electrons. The van der Waals surface area contributed by atoms with E-state index in [0.717, 1.165) is 19.4 Å². The third kappa shape index (κ3) is 3.81. The van der Waals surface area contributed by atoms with Crippen molar-refractivity contribution in [3.63, 3.8) is 0 Å². The molecule has 2 saturated heterocycles. The second-order valence-corrected chi connectivity index (χ2v) is 5.31. The van der Waals surface area contributed by atoms with E-state index in [2.05, 4.69) is 5.32 Å². The van der Waals surface area contributed by atoms with Crippen molar-refractivity contribution >= 4 is 12.0 Å². The molecular weight excluding hydrogens is 252 g/mol. The zero-order valence-electron chi connectivity index (χ0n) is 11.1. The molecule has 1 atom stereocenters. The Kier molecular flexibility index (Phi) is 4.26. The second kappa shape index (κ2) is 5.75. The zero-order valence-corrected chi connectivity index (χ0v) is 11.1. The van der Waals surface area contributed by atoms with Crippen LogP contribution in [-0.2, 0) is 14.3 Å². The number of urea groups is 1. The van der Waals surface area contributed by atoms with E-state index in [4.69, 9.17) is 14.6 Å². The zero-order chi connectivity index (χ0) is 13.9. The highest BCUT2D eigenvalue weighted by atomic mass is 16.5. The van der Waals surface area contributed by atoms with Crippen molar-refractivity contribution in [2.24, 2.45) is 0 Å². The number of hydrogen-bond donors (Lipinski definition) is 2. The highest BCUT2D eigenvalue weighted by Gasteiger charge is 2.42. The molecule has 2 aliphatic heterocycles. The fourth-order valence-electron chi connectivity index (χ4n) is 2.35. The maximum absolute atomic E-state index is 11.8. The number of aliphatic carboxylic acids is 1. The van der Waals surface area contributed by atoms with E-state index in [0.29, 0.717) is 19.6 Å². The Balaban J connectivity index is 1.64.